The number of carbonyl (C=O) groups is 1. The van der Waals surface area contributed by atoms with Gasteiger partial charge >= 0.3 is 5.97 Å². The Kier molecular flexibility index (Phi) is 4.69. The van der Waals surface area contributed by atoms with E-state index in [1.807, 2.05) is 48.5 Å². The minimum absolute atomic E-state index is 0.338. The number of halogens is 2. The van der Waals surface area contributed by atoms with E-state index >= 15 is 0 Å². The Bertz CT molecular complexity index is 1280. The van der Waals surface area contributed by atoms with Crippen LogP contribution in [0.3, 0.4) is 0 Å². The lowest BCUT2D eigenvalue weighted by Crippen LogP contribution is -2.22. The predicted molar refractivity (Wildman–Crippen MR) is 119 cm³/mol. The van der Waals surface area contributed by atoms with Gasteiger partial charge in [0, 0.05) is 26.6 Å². The topological polar surface area (TPSA) is 40.5 Å². The van der Waals surface area contributed by atoms with Gasteiger partial charge in [0.2, 0.25) is 6.23 Å². The fourth-order valence-electron chi connectivity index (χ4n) is 3.86. The number of fused-ring (bicyclic) bond motifs is 5. The van der Waals surface area contributed by atoms with Crippen molar-refractivity contribution in [3.63, 3.8) is 0 Å². The molecule has 0 bridgehead atoms. The van der Waals surface area contributed by atoms with Gasteiger partial charge < -0.3 is 14.0 Å². The van der Waals surface area contributed by atoms with Gasteiger partial charge in [0.05, 0.1) is 23.4 Å². The van der Waals surface area contributed by atoms with Crippen molar-refractivity contribution in [3.05, 3.63) is 87.9 Å². The minimum atomic E-state index is -0.416. The van der Waals surface area contributed by atoms with Crippen LogP contribution in [0, 0.1) is 0 Å². The molecule has 0 unspecified atom stereocenters. The smallest absolute Gasteiger partial charge is 0.338 e. The highest BCUT2D eigenvalue weighted by Gasteiger charge is 2.29. The normalized spacial score (nSPS) is 14.7. The molecule has 1 aliphatic heterocycles. The Morgan fingerprint density at radius 3 is 2.50 bits per heavy atom. The molecule has 0 spiro atoms. The summed E-state index contributed by atoms with van der Waals surface area (Å²) in [6.45, 7) is 2.13. The van der Waals surface area contributed by atoms with E-state index in [0.29, 0.717) is 28.0 Å². The molecule has 150 valence electrons. The summed E-state index contributed by atoms with van der Waals surface area (Å²) in [6, 6.07) is 20.8. The second-order valence-electron chi connectivity index (χ2n) is 7.06. The average Bonchev–Trinajstić information content (AvgIpc) is 3.11. The molecule has 3 aromatic carbocycles. The van der Waals surface area contributed by atoms with Gasteiger partial charge in [-0.05, 0) is 61.5 Å². The summed E-state index contributed by atoms with van der Waals surface area (Å²) in [4.78, 5) is 12.0. The molecule has 0 amide bonds. The second kappa shape index (κ2) is 7.38. The maximum absolute atomic E-state index is 12.0. The van der Waals surface area contributed by atoms with Gasteiger partial charge in [-0.15, -0.1) is 0 Å². The first-order chi connectivity index (χ1) is 14.5. The van der Waals surface area contributed by atoms with Crippen LogP contribution >= 0.6 is 23.2 Å². The van der Waals surface area contributed by atoms with E-state index in [1.54, 1.807) is 19.1 Å². The summed E-state index contributed by atoms with van der Waals surface area (Å²) in [5, 5.41) is 2.31. The third-order valence-electron chi connectivity index (χ3n) is 5.20. The number of ether oxygens (including phenoxy) is 2. The number of carbonyl (C=O) groups excluding carboxylic acids is 1. The van der Waals surface area contributed by atoms with Crippen molar-refractivity contribution >= 4 is 40.1 Å². The Morgan fingerprint density at radius 1 is 1.00 bits per heavy atom. The largest absolute Gasteiger partial charge is 0.465 e. The Balaban J connectivity index is 1.67. The maximum atomic E-state index is 12.0. The van der Waals surface area contributed by atoms with E-state index in [-0.39, 0.29) is 5.97 Å². The number of rotatable bonds is 3. The predicted octanol–water partition coefficient (Wildman–Crippen LogP) is 6.73. The van der Waals surface area contributed by atoms with Crippen molar-refractivity contribution in [2.45, 2.75) is 13.2 Å². The van der Waals surface area contributed by atoms with Crippen LogP contribution in [0.25, 0.3) is 22.2 Å². The van der Waals surface area contributed by atoms with E-state index in [2.05, 4.69) is 10.6 Å². The highest BCUT2D eigenvalue weighted by Crippen LogP contribution is 2.45. The van der Waals surface area contributed by atoms with Crippen molar-refractivity contribution in [2.24, 2.45) is 0 Å². The molecule has 5 rings (SSSR count). The lowest BCUT2D eigenvalue weighted by molar-refractivity contribution is 0.0526. The molecule has 1 aliphatic rings. The van der Waals surface area contributed by atoms with Crippen LogP contribution in [-0.4, -0.2) is 17.1 Å². The van der Waals surface area contributed by atoms with Crippen LogP contribution in [0.5, 0.6) is 5.75 Å². The first-order valence-electron chi connectivity index (χ1n) is 9.59. The highest BCUT2D eigenvalue weighted by atomic mass is 35.5. The lowest BCUT2D eigenvalue weighted by Gasteiger charge is -2.30. The third-order valence-corrected chi connectivity index (χ3v) is 5.67. The number of hydrogen-bond donors (Lipinski definition) is 0. The molecule has 6 heteroatoms. The number of esters is 1. The van der Waals surface area contributed by atoms with Crippen LogP contribution in [0.4, 0.5) is 0 Å². The number of nitrogens with zero attached hydrogens (tertiary/aromatic N) is 1. The zero-order valence-electron chi connectivity index (χ0n) is 16.1. The Hall–Kier alpha value is -2.95. The lowest BCUT2D eigenvalue weighted by atomic mass is 10.1. The van der Waals surface area contributed by atoms with Crippen molar-refractivity contribution < 1.29 is 14.3 Å². The standard InChI is InChI=1S/C24H17Cl2NO3/c1-2-29-24(28)15-5-3-14(4-6-15)23-27-20-10-8-17(25)11-16(20)12-21(27)19-9-7-18(26)13-22(19)30-23/h3-13,23H,2H2,1H3/t23-/m0/s1. The molecular weight excluding hydrogens is 421 g/mol. The zero-order chi connectivity index (χ0) is 20.8. The second-order valence-corrected chi connectivity index (χ2v) is 7.93. The molecule has 1 atom stereocenters. The first-order valence-corrected chi connectivity index (χ1v) is 10.3. The summed E-state index contributed by atoms with van der Waals surface area (Å²) in [7, 11) is 0. The zero-order valence-corrected chi connectivity index (χ0v) is 17.6. The first kappa shape index (κ1) is 19.0. The van der Waals surface area contributed by atoms with Gasteiger partial charge in [-0.2, -0.15) is 0 Å². The average molecular weight is 438 g/mol. The van der Waals surface area contributed by atoms with Crippen LogP contribution in [0.1, 0.15) is 29.1 Å². The van der Waals surface area contributed by atoms with Crippen LogP contribution < -0.4 is 4.74 Å². The van der Waals surface area contributed by atoms with Gasteiger partial charge in [0.15, 0.2) is 0 Å². The fraction of sp³-hybridized carbons (Fsp3) is 0.125. The molecule has 4 aromatic rings. The summed E-state index contributed by atoms with van der Waals surface area (Å²) in [6.07, 6.45) is -0.416. The van der Waals surface area contributed by atoms with E-state index in [9.17, 15) is 4.79 Å². The maximum Gasteiger partial charge on any atom is 0.338 e. The van der Waals surface area contributed by atoms with Crippen molar-refractivity contribution in [1.29, 1.82) is 0 Å². The highest BCUT2D eigenvalue weighted by molar-refractivity contribution is 6.31. The van der Waals surface area contributed by atoms with Crippen LogP contribution in [0.15, 0.2) is 66.7 Å². The molecule has 0 radical (unpaired) electrons. The van der Waals surface area contributed by atoms with Gasteiger partial charge in [-0.25, -0.2) is 4.79 Å². The Morgan fingerprint density at radius 2 is 1.73 bits per heavy atom. The van der Waals surface area contributed by atoms with Crippen molar-refractivity contribution in [1.82, 2.24) is 4.57 Å². The van der Waals surface area contributed by atoms with E-state index in [1.165, 1.54) is 0 Å². The van der Waals surface area contributed by atoms with Crippen molar-refractivity contribution in [2.75, 3.05) is 6.61 Å². The summed E-state index contributed by atoms with van der Waals surface area (Å²) >= 11 is 12.5. The monoisotopic (exact) mass is 437 g/mol. The summed E-state index contributed by atoms with van der Waals surface area (Å²) < 4.78 is 13.6. The number of benzene rings is 3. The molecule has 0 N–H and O–H groups in total. The molecule has 30 heavy (non-hydrogen) atoms. The summed E-state index contributed by atoms with van der Waals surface area (Å²) in [5.74, 6) is 0.371. The van der Waals surface area contributed by atoms with E-state index in [0.717, 1.165) is 27.7 Å². The molecule has 1 aromatic heterocycles. The Labute approximate surface area is 183 Å². The van der Waals surface area contributed by atoms with Crippen molar-refractivity contribution in [3.8, 4) is 17.0 Å². The van der Waals surface area contributed by atoms with Gasteiger partial charge in [-0.3, -0.25) is 0 Å². The molecular formula is C24H17Cl2NO3. The number of hydrogen-bond acceptors (Lipinski definition) is 3. The molecule has 2 heterocycles. The fourth-order valence-corrected chi connectivity index (χ4v) is 4.20. The van der Waals surface area contributed by atoms with Crippen LogP contribution in [-0.2, 0) is 4.74 Å². The molecule has 0 saturated heterocycles. The van der Waals surface area contributed by atoms with E-state index < -0.39 is 6.23 Å². The van der Waals surface area contributed by atoms with Crippen LogP contribution in [0.2, 0.25) is 10.0 Å². The third kappa shape index (κ3) is 3.13. The van der Waals surface area contributed by atoms with E-state index in [4.69, 9.17) is 32.7 Å². The van der Waals surface area contributed by atoms with Gasteiger partial charge in [0.1, 0.15) is 5.75 Å². The quantitative estimate of drug-likeness (QED) is 0.333. The van der Waals surface area contributed by atoms with Gasteiger partial charge in [0.25, 0.3) is 0 Å². The SMILES string of the molecule is CCOC(=O)c1ccc([C@@H]2Oc3cc(Cl)ccc3-c3cc4cc(Cl)ccc4n32)cc1. The summed E-state index contributed by atoms with van der Waals surface area (Å²) in [5.41, 5.74) is 4.40. The molecule has 0 fully saturated rings. The minimum Gasteiger partial charge on any atom is -0.465 e. The number of aromatic nitrogens is 1. The molecule has 0 saturated carbocycles. The molecule has 0 aliphatic carbocycles. The molecule has 4 nitrogen and oxygen atoms in total. The van der Waals surface area contributed by atoms with Gasteiger partial charge in [-0.1, -0.05) is 35.3 Å².